The van der Waals surface area contributed by atoms with Gasteiger partial charge in [0.2, 0.25) is 0 Å². The molecule has 7 nitrogen and oxygen atoms in total. The van der Waals surface area contributed by atoms with Crippen LogP contribution in [0.25, 0.3) is 6.08 Å². The van der Waals surface area contributed by atoms with Gasteiger partial charge >= 0.3 is 0 Å². The minimum absolute atomic E-state index is 0.0873. The number of para-hydroxylation sites is 2. The zero-order valence-corrected chi connectivity index (χ0v) is 21.9. The lowest BCUT2D eigenvalue weighted by Crippen LogP contribution is -2.32. The molecule has 0 aliphatic carbocycles. The molecule has 0 bridgehead atoms. The maximum absolute atomic E-state index is 12.9. The third-order valence-electron chi connectivity index (χ3n) is 5.50. The number of anilines is 1. The molecule has 4 rings (SSSR count). The molecule has 37 heavy (non-hydrogen) atoms. The van der Waals surface area contributed by atoms with Gasteiger partial charge in [-0.3, -0.25) is 19.3 Å². The fourth-order valence-electron chi connectivity index (χ4n) is 3.66. The average Bonchev–Trinajstić information content (AvgIpc) is 3.13. The summed E-state index contributed by atoms with van der Waals surface area (Å²) < 4.78 is 11.4. The first-order valence-electron chi connectivity index (χ1n) is 11.5. The zero-order valence-electron chi connectivity index (χ0n) is 20.3. The lowest BCUT2D eigenvalue weighted by Gasteiger charge is -2.14. The van der Waals surface area contributed by atoms with Crippen molar-refractivity contribution < 1.29 is 23.9 Å². The number of aryl methyl sites for hydroxylation is 2. The van der Waals surface area contributed by atoms with Gasteiger partial charge in [0.25, 0.3) is 17.1 Å². The second-order valence-corrected chi connectivity index (χ2v) is 9.71. The van der Waals surface area contributed by atoms with Crippen molar-refractivity contribution in [2.75, 3.05) is 25.1 Å². The van der Waals surface area contributed by atoms with E-state index in [9.17, 15) is 14.4 Å². The van der Waals surface area contributed by atoms with Gasteiger partial charge in [-0.15, -0.1) is 0 Å². The van der Waals surface area contributed by atoms with Gasteiger partial charge in [-0.05, 0) is 61.5 Å². The summed E-state index contributed by atoms with van der Waals surface area (Å²) in [6.45, 7) is 3.91. The van der Waals surface area contributed by atoms with E-state index in [0.29, 0.717) is 22.1 Å². The number of halogens is 1. The minimum atomic E-state index is -0.417. The highest BCUT2D eigenvalue weighted by atomic mass is 35.5. The number of carbonyl (C=O) groups excluding carboxylic acids is 3. The van der Waals surface area contributed by atoms with Crippen molar-refractivity contribution in [2.24, 2.45) is 0 Å². The third kappa shape index (κ3) is 6.72. The second kappa shape index (κ2) is 12.0. The molecule has 1 N–H and O–H groups in total. The van der Waals surface area contributed by atoms with Crippen LogP contribution < -0.4 is 14.8 Å². The molecular weight excluding hydrogens is 512 g/mol. The lowest BCUT2D eigenvalue weighted by atomic mass is 10.1. The number of ether oxygens (including phenoxy) is 2. The Balaban J connectivity index is 1.38. The number of nitrogens with one attached hydrogen (secondary N) is 1. The van der Waals surface area contributed by atoms with Crippen molar-refractivity contribution in [3.63, 3.8) is 0 Å². The quantitative estimate of drug-likeness (QED) is 0.333. The number of carbonyl (C=O) groups is 3. The van der Waals surface area contributed by atoms with E-state index >= 15 is 0 Å². The van der Waals surface area contributed by atoms with E-state index in [1.165, 1.54) is 0 Å². The summed E-state index contributed by atoms with van der Waals surface area (Å²) >= 11 is 6.93. The van der Waals surface area contributed by atoms with Gasteiger partial charge in [0.15, 0.2) is 6.61 Å². The standard InChI is InChI=1S/C28H25ClN2O5S/c1-18-11-12-22(19(2)15-18)30-26(32)17-36-23-9-5-3-7-20(23)16-25-27(33)31(28(34)37-25)13-14-35-24-10-6-4-8-21(24)29/h3-12,15-16H,13-14,17H2,1-2H3,(H,30,32)/b25-16-. The number of amides is 3. The molecule has 3 aromatic carbocycles. The predicted octanol–water partition coefficient (Wildman–Crippen LogP) is 6.09. The van der Waals surface area contributed by atoms with E-state index in [4.69, 9.17) is 21.1 Å². The van der Waals surface area contributed by atoms with Crippen LogP contribution in [0.5, 0.6) is 11.5 Å². The van der Waals surface area contributed by atoms with Gasteiger partial charge in [-0.1, -0.05) is 59.6 Å². The van der Waals surface area contributed by atoms with Gasteiger partial charge < -0.3 is 14.8 Å². The van der Waals surface area contributed by atoms with Crippen LogP contribution in [0.4, 0.5) is 10.5 Å². The number of rotatable bonds is 9. The van der Waals surface area contributed by atoms with Crippen LogP contribution in [0.2, 0.25) is 5.02 Å². The summed E-state index contributed by atoms with van der Waals surface area (Å²) in [7, 11) is 0. The number of hydrogen-bond acceptors (Lipinski definition) is 6. The molecule has 1 aliphatic rings. The number of hydrogen-bond donors (Lipinski definition) is 1. The smallest absolute Gasteiger partial charge is 0.293 e. The van der Waals surface area contributed by atoms with Crippen molar-refractivity contribution in [3.05, 3.63) is 93.3 Å². The molecule has 3 aromatic rings. The summed E-state index contributed by atoms with van der Waals surface area (Å²) in [5, 5.41) is 2.92. The van der Waals surface area contributed by atoms with E-state index in [-0.39, 0.29) is 35.8 Å². The highest BCUT2D eigenvalue weighted by Gasteiger charge is 2.35. The molecule has 0 atom stereocenters. The van der Waals surface area contributed by atoms with Crippen LogP contribution in [0.15, 0.2) is 71.6 Å². The Bertz CT molecular complexity index is 1370. The van der Waals surface area contributed by atoms with Crippen LogP contribution in [0.3, 0.4) is 0 Å². The second-order valence-electron chi connectivity index (χ2n) is 8.31. The Hall–Kier alpha value is -3.75. The average molecular weight is 537 g/mol. The Kier molecular flexibility index (Phi) is 8.53. The van der Waals surface area contributed by atoms with E-state index in [0.717, 1.165) is 33.5 Å². The summed E-state index contributed by atoms with van der Waals surface area (Å²) in [6, 6.07) is 19.8. The summed E-state index contributed by atoms with van der Waals surface area (Å²) in [5.74, 6) is 0.187. The first-order valence-corrected chi connectivity index (χ1v) is 12.7. The Morgan fingerprint density at radius 2 is 1.73 bits per heavy atom. The summed E-state index contributed by atoms with van der Waals surface area (Å²) in [4.78, 5) is 39.2. The van der Waals surface area contributed by atoms with Crippen LogP contribution >= 0.6 is 23.4 Å². The van der Waals surface area contributed by atoms with E-state index in [1.54, 1.807) is 54.6 Å². The number of benzene rings is 3. The largest absolute Gasteiger partial charge is 0.490 e. The molecule has 3 amide bonds. The van der Waals surface area contributed by atoms with E-state index < -0.39 is 5.91 Å². The molecule has 0 aromatic heterocycles. The van der Waals surface area contributed by atoms with Crippen molar-refractivity contribution in [1.82, 2.24) is 4.90 Å². The van der Waals surface area contributed by atoms with E-state index in [1.807, 2.05) is 32.0 Å². The fourth-order valence-corrected chi connectivity index (χ4v) is 4.70. The first-order chi connectivity index (χ1) is 17.8. The number of nitrogens with zero attached hydrogens (tertiary/aromatic N) is 1. The molecule has 0 spiro atoms. The maximum Gasteiger partial charge on any atom is 0.293 e. The van der Waals surface area contributed by atoms with Gasteiger partial charge in [0, 0.05) is 11.3 Å². The maximum atomic E-state index is 12.9. The van der Waals surface area contributed by atoms with E-state index in [2.05, 4.69) is 5.32 Å². The number of thioether (sulfide) groups is 1. The lowest BCUT2D eigenvalue weighted by molar-refractivity contribution is -0.123. The molecule has 0 radical (unpaired) electrons. The first kappa shape index (κ1) is 26.3. The molecule has 0 saturated carbocycles. The van der Waals surface area contributed by atoms with Gasteiger partial charge in [0.1, 0.15) is 18.1 Å². The van der Waals surface area contributed by atoms with Crippen LogP contribution in [0.1, 0.15) is 16.7 Å². The highest BCUT2D eigenvalue weighted by Crippen LogP contribution is 2.34. The molecule has 1 fully saturated rings. The molecule has 190 valence electrons. The van der Waals surface area contributed by atoms with Crippen molar-refractivity contribution in [2.45, 2.75) is 13.8 Å². The van der Waals surface area contributed by atoms with Crippen molar-refractivity contribution >= 4 is 52.2 Å². The Labute approximate surface area is 224 Å². The van der Waals surface area contributed by atoms with Gasteiger partial charge in [-0.2, -0.15) is 0 Å². The third-order valence-corrected chi connectivity index (χ3v) is 6.72. The zero-order chi connectivity index (χ0) is 26.4. The summed E-state index contributed by atoms with van der Waals surface area (Å²) in [5.41, 5.74) is 3.37. The Morgan fingerprint density at radius 1 is 1.00 bits per heavy atom. The van der Waals surface area contributed by atoms with Crippen LogP contribution in [0, 0.1) is 13.8 Å². The van der Waals surface area contributed by atoms with Crippen molar-refractivity contribution in [3.8, 4) is 11.5 Å². The molecule has 1 heterocycles. The van der Waals surface area contributed by atoms with Gasteiger partial charge in [-0.25, -0.2) is 0 Å². The van der Waals surface area contributed by atoms with Crippen molar-refractivity contribution in [1.29, 1.82) is 0 Å². The summed E-state index contributed by atoms with van der Waals surface area (Å²) in [6.07, 6.45) is 1.59. The molecule has 1 aliphatic heterocycles. The SMILES string of the molecule is Cc1ccc(NC(=O)COc2ccccc2/C=C2\SC(=O)N(CCOc3ccccc3Cl)C2=O)c(C)c1. The monoisotopic (exact) mass is 536 g/mol. The normalized spacial score (nSPS) is 14.2. The Morgan fingerprint density at radius 3 is 2.49 bits per heavy atom. The predicted molar refractivity (Wildman–Crippen MR) is 146 cm³/mol. The van der Waals surface area contributed by atoms with Crippen LogP contribution in [-0.4, -0.2) is 41.7 Å². The fraction of sp³-hybridized carbons (Fsp3) is 0.179. The number of imide groups is 1. The molecule has 9 heteroatoms. The topological polar surface area (TPSA) is 84.9 Å². The van der Waals surface area contributed by atoms with Crippen LogP contribution in [-0.2, 0) is 9.59 Å². The minimum Gasteiger partial charge on any atom is -0.490 e. The molecular formula is C28H25ClN2O5S. The van der Waals surface area contributed by atoms with Gasteiger partial charge in [0.05, 0.1) is 16.5 Å². The molecule has 0 unspecified atom stereocenters. The highest BCUT2D eigenvalue weighted by molar-refractivity contribution is 8.18. The molecule has 1 saturated heterocycles.